The first-order chi connectivity index (χ1) is 40.9. The number of aromatic nitrogens is 4. The number of phenols is 1. The molecule has 0 saturated heterocycles. The molecule has 458 valence electrons. The minimum atomic E-state index is -1.82. The standard InChI is InChI=1S/C57H70N14O13S2/c1-28(2)48(71-54(81)43(19-33-23-61-39-12-8-6-10-37(33)39)69-53(80)44(21-47(74)75)66-50(77)29(3)63-55(82)45(25-85)64-30(4)72)57(84)70-46(26-86)56(83)67-41(17-31-13-15-35(73)16-14-31)51(78)68-42(18-32-22-60-38-11-7-5-9-36(32)38)52(79)65-40(49(58)76)20-34-24-59-27-62-34/h5-16,22-24,27-29,40-46,48,60-61,73,85-86H,17-21,25-26H2,1-4H3,(H2,58,76)(H,59,62)(H,63,82)(H,64,72)(H,65,79)(H,66,77)(H,67,83)(H,68,78)(H,69,80)(H,70,84)(H,71,81)(H,74,75)/t29-,40-,41-,42-,43-,44-,45-,46-,48-/m0/s1. The van der Waals surface area contributed by atoms with Crippen molar-refractivity contribution >= 4 is 112 Å². The SMILES string of the molecule is CC(=O)N[C@@H](CS)C(=O)N[C@@H](C)C(=O)N[C@@H](CC(=O)O)C(=O)N[C@@H](Cc1c[nH]c2ccccc12)C(=O)N[C@H](C(=O)N[C@@H](CS)C(=O)N[C@@H](Cc1ccc(O)cc1)C(=O)N[C@@H](Cc1c[nH]c2ccccc12)C(=O)N[C@@H](Cc1cnc[nH]1)C(N)=O)C(C)C. The number of phenolic OH excluding ortho intramolecular Hbond substituents is 1. The van der Waals surface area contributed by atoms with Gasteiger partial charge < -0.3 is 78.7 Å². The Balaban J connectivity index is 1.22. The lowest BCUT2D eigenvalue weighted by Gasteiger charge is -2.29. The second-order valence-corrected chi connectivity index (χ2v) is 21.5. The highest BCUT2D eigenvalue weighted by Gasteiger charge is 2.37. The number of amides is 10. The van der Waals surface area contributed by atoms with Crippen LogP contribution in [-0.2, 0) is 78.4 Å². The minimum Gasteiger partial charge on any atom is -0.508 e. The summed E-state index contributed by atoms with van der Waals surface area (Å²) in [5.74, 6) is -11.6. The molecule has 0 aliphatic carbocycles. The highest BCUT2D eigenvalue weighted by molar-refractivity contribution is 7.80. The molecule has 3 heterocycles. The molecular weight excluding hydrogens is 1150 g/mol. The second kappa shape index (κ2) is 31.0. The number of aliphatic carboxylic acids is 1. The Labute approximate surface area is 503 Å². The molecule has 0 saturated carbocycles. The third kappa shape index (κ3) is 18.6. The fraction of sp³-hybridized carbons (Fsp3) is 0.368. The van der Waals surface area contributed by atoms with Crippen LogP contribution in [0.5, 0.6) is 5.75 Å². The number of H-pyrrole nitrogens is 3. The van der Waals surface area contributed by atoms with E-state index in [1.807, 2.05) is 18.2 Å². The summed E-state index contributed by atoms with van der Waals surface area (Å²) in [4.78, 5) is 162. The van der Waals surface area contributed by atoms with Gasteiger partial charge in [-0.25, -0.2) is 4.98 Å². The van der Waals surface area contributed by atoms with Gasteiger partial charge in [0.25, 0.3) is 0 Å². The number of primary amides is 1. The van der Waals surface area contributed by atoms with Gasteiger partial charge in [0, 0.05) is 90.2 Å². The molecule has 9 atom stereocenters. The lowest BCUT2D eigenvalue weighted by Crippen LogP contribution is -2.62. The zero-order valence-corrected chi connectivity index (χ0v) is 49.1. The molecule has 0 bridgehead atoms. The number of thiol groups is 2. The number of fused-ring (bicyclic) bond motifs is 2. The van der Waals surface area contributed by atoms with Gasteiger partial charge in [-0.05, 0) is 53.8 Å². The average molecular weight is 1220 g/mol. The van der Waals surface area contributed by atoms with Crippen LogP contribution in [-0.4, -0.2) is 161 Å². The summed E-state index contributed by atoms with van der Waals surface area (Å²) in [7, 11) is 0. The third-order valence-electron chi connectivity index (χ3n) is 13.8. The lowest BCUT2D eigenvalue weighted by molar-refractivity contribution is -0.141. The summed E-state index contributed by atoms with van der Waals surface area (Å²) >= 11 is 8.43. The van der Waals surface area contributed by atoms with E-state index in [0.29, 0.717) is 33.3 Å². The van der Waals surface area contributed by atoms with E-state index in [4.69, 9.17) is 5.73 Å². The van der Waals surface area contributed by atoms with E-state index >= 15 is 0 Å². The number of benzene rings is 3. The van der Waals surface area contributed by atoms with Gasteiger partial charge in [-0.3, -0.25) is 52.7 Å². The first kappa shape index (κ1) is 65.8. The molecule has 27 nitrogen and oxygen atoms in total. The molecular formula is C57H70N14O13S2. The first-order valence-corrected chi connectivity index (χ1v) is 28.5. The Morgan fingerprint density at radius 3 is 1.47 bits per heavy atom. The summed E-state index contributed by atoms with van der Waals surface area (Å²) in [6, 6.07) is 7.12. The zero-order valence-electron chi connectivity index (χ0n) is 47.3. The van der Waals surface area contributed by atoms with Gasteiger partial charge in [-0.15, -0.1) is 0 Å². The largest absolute Gasteiger partial charge is 0.508 e. The van der Waals surface area contributed by atoms with Gasteiger partial charge in [-0.2, -0.15) is 25.3 Å². The number of hydrogen-bond acceptors (Lipinski definition) is 15. The summed E-state index contributed by atoms with van der Waals surface area (Å²) in [5, 5.41) is 44.2. The molecule has 29 heteroatoms. The maximum atomic E-state index is 14.7. The molecule has 10 amide bonds. The van der Waals surface area contributed by atoms with Gasteiger partial charge in [-0.1, -0.05) is 62.4 Å². The van der Waals surface area contributed by atoms with Crippen LogP contribution in [0.15, 0.2) is 97.7 Å². The molecule has 6 rings (SSSR count). The molecule has 0 aliphatic heterocycles. The van der Waals surface area contributed by atoms with Crippen molar-refractivity contribution in [2.45, 2.75) is 114 Å². The van der Waals surface area contributed by atoms with Crippen molar-refractivity contribution < 1.29 is 63.0 Å². The highest BCUT2D eigenvalue weighted by Crippen LogP contribution is 2.22. The number of rotatable bonds is 31. The number of carbonyl (C=O) groups is 11. The van der Waals surface area contributed by atoms with Gasteiger partial charge in [0.2, 0.25) is 59.1 Å². The monoisotopic (exact) mass is 1220 g/mol. The van der Waals surface area contributed by atoms with Gasteiger partial charge in [0.1, 0.15) is 60.1 Å². The van der Waals surface area contributed by atoms with Crippen LogP contribution in [0.4, 0.5) is 0 Å². The lowest BCUT2D eigenvalue weighted by atomic mass is 9.99. The smallest absolute Gasteiger partial charge is 0.305 e. The normalized spacial score (nSPS) is 14.4. The Bertz CT molecular complexity index is 3410. The van der Waals surface area contributed by atoms with Crippen LogP contribution < -0.4 is 53.6 Å². The van der Waals surface area contributed by atoms with Crippen LogP contribution in [0.25, 0.3) is 21.8 Å². The number of carboxylic acid groups (broad SMARTS) is 1. The van der Waals surface area contributed by atoms with E-state index < -0.39 is 132 Å². The number of carboxylic acids is 1. The molecule has 3 aromatic carbocycles. The molecule has 16 N–H and O–H groups in total. The van der Waals surface area contributed by atoms with Crippen LogP contribution in [0, 0.1) is 5.92 Å². The van der Waals surface area contributed by atoms with Crippen molar-refractivity contribution in [3.8, 4) is 5.75 Å². The number of nitrogens with one attached hydrogen (secondary N) is 12. The van der Waals surface area contributed by atoms with Crippen LogP contribution in [0.2, 0.25) is 0 Å². The number of carbonyl (C=O) groups excluding carboxylic acids is 10. The molecule has 0 spiro atoms. The van der Waals surface area contributed by atoms with Crippen molar-refractivity contribution in [3.63, 3.8) is 0 Å². The van der Waals surface area contributed by atoms with Crippen LogP contribution in [0.1, 0.15) is 56.5 Å². The van der Waals surface area contributed by atoms with Crippen molar-refractivity contribution in [1.82, 2.24) is 67.8 Å². The second-order valence-electron chi connectivity index (χ2n) is 20.7. The number of imidazole rings is 1. The highest BCUT2D eigenvalue weighted by atomic mass is 32.1. The van der Waals surface area contributed by atoms with Crippen LogP contribution >= 0.6 is 25.3 Å². The maximum Gasteiger partial charge on any atom is 0.305 e. The van der Waals surface area contributed by atoms with Gasteiger partial charge in [0.15, 0.2) is 0 Å². The molecule has 0 aliphatic rings. The Morgan fingerprint density at radius 1 is 0.523 bits per heavy atom. The van der Waals surface area contributed by atoms with Crippen molar-refractivity contribution in [2.24, 2.45) is 11.7 Å². The van der Waals surface area contributed by atoms with Crippen molar-refractivity contribution in [1.29, 1.82) is 0 Å². The molecule has 3 aromatic heterocycles. The van der Waals surface area contributed by atoms with E-state index in [2.05, 4.69) is 93.0 Å². The maximum absolute atomic E-state index is 14.7. The quantitative estimate of drug-likeness (QED) is 0.0238. The van der Waals surface area contributed by atoms with Gasteiger partial charge >= 0.3 is 5.97 Å². The van der Waals surface area contributed by atoms with E-state index in [0.717, 1.165) is 10.9 Å². The molecule has 0 radical (unpaired) electrons. The minimum absolute atomic E-state index is 0.0585. The number of aromatic amines is 3. The molecule has 6 aromatic rings. The number of hydrogen-bond donors (Lipinski definition) is 17. The Hall–Kier alpha value is -9.38. The van der Waals surface area contributed by atoms with E-state index in [1.54, 1.807) is 56.6 Å². The number of nitrogens with two attached hydrogens (primary N) is 1. The Kier molecular flexibility index (Phi) is 23.7. The number of para-hydroxylation sites is 2. The van der Waals surface area contributed by atoms with Gasteiger partial charge in [0.05, 0.1) is 12.7 Å². The first-order valence-electron chi connectivity index (χ1n) is 27.2. The summed E-state index contributed by atoms with van der Waals surface area (Å²) in [5.41, 5.74) is 9.21. The molecule has 0 unspecified atom stereocenters. The van der Waals surface area contributed by atoms with E-state index in [9.17, 15) is 63.0 Å². The van der Waals surface area contributed by atoms with E-state index in [1.165, 1.54) is 50.6 Å². The van der Waals surface area contributed by atoms with Crippen molar-refractivity contribution in [3.05, 3.63) is 120 Å². The third-order valence-corrected chi connectivity index (χ3v) is 14.5. The molecule has 86 heavy (non-hydrogen) atoms. The number of aromatic hydroxyl groups is 1. The fourth-order valence-electron chi connectivity index (χ4n) is 9.21. The summed E-state index contributed by atoms with van der Waals surface area (Å²) < 4.78 is 0. The topological polar surface area (TPSA) is 423 Å². The van der Waals surface area contributed by atoms with Crippen molar-refractivity contribution in [2.75, 3.05) is 11.5 Å². The predicted octanol–water partition coefficient (Wildman–Crippen LogP) is -0.773. The Morgan fingerprint density at radius 2 is 0.977 bits per heavy atom. The fourth-order valence-corrected chi connectivity index (χ4v) is 9.72. The predicted molar refractivity (Wildman–Crippen MR) is 321 cm³/mol. The summed E-state index contributed by atoms with van der Waals surface area (Å²) in [6.07, 6.45) is 4.51. The average Bonchev–Trinajstić information content (AvgIpc) is 2.69. The number of nitrogens with zero attached hydrogens (tertiary/aromatic N) is 1. The van der Waals surface area contributed by atoms with E-state index in [-0.39, 0.29) is 42.9 Å². The zero-order chi connectivity index (χ0) is 62.8. The summed E-state index contributed by atoms with van der Waals surface area (Å²) in [6.45, 7) is 5.61. The van der Waals surface area contributed by atoms with Crippen LogP contribution in [0.3, 0.4) is 0 Å². The molecule has 0 fully saturated rings.